The third-order valence-electron chi connectivity index (χ3n) is 4.60. The van der Waals surface area contributed by atoms with E-state index in [4.69, 9.17) is 0 Å². The van der Waals surface area contributed by atoms with Crippen LogP contribution in [0.2, 0.25) is 0 Å². The number of rotatable bonds is 2. The van der Waals surface area contributed by atoms with Crippen LogP contribution in [-0.4, -0.2) is 11.5 Å². The highest BCUT2D eigenvalue weighted by atomic mass is 16.1. The van der Waals surface area contributed by atoms with Gasteiger partial charge in [0.15, 0.2) is 0 Å². The number of aromatic amines is 1. The van der Waals surface area contributed by atoms with Crippen molar-refractivity contribution in [3.05, 3.63) is 57.0 Å². The van der Waals surface area contributed by atoms with Crippen LogP contribution in [-0.2, 0) is 12.0 Å². The van der Waals surface area contributed by atoms with E-state index in [1.54, 1.807) is 6.07 Å². The molecule has 2 N–H and O–H groups in total. The maximum absolute atomic E-state index is 11.6. The lowest BCUT2D eigenvalue weighted by Crippen LogP contribution is -2.51. The van der Waals surface area contributed by atoms with Gasteiger partial charge in [-0.2, -0.15) is 0 Å². The predicted octanol–water partition coefficient (Wildman–Crippen LogP) is 2.65. The van der Waals surface area contributed by atoms with Crippen molar-refractivity contribution >= 4 is 0 Å². The third kappa shape index (κ3) is 1.80. The first-order chi connectivity index (χ1) is 9.60. The van der Waals surface area contributed by atoms with Crippen LogP contribution < -0.4 is 10.9 Å². The largest absolute Gasteiger partial charge is 0.326 e. The number of aromatic nitrogens is 1. The van der Waals surface area contributed by atoms with Crippen LogP contribution in [0.1, 0.15) is 38.4 Å². The summed E-state index contributed by atoms with van der Waals surface area (Å²) in [7, 11) is 0. The van der Waals surface area contributed by atoms with Crippen LogP contribution in [0, 0.1) is 5.92 Å². The zero-order valence-electron chi connectivity index (χ0n) is 12.4. The highest BCUT2D eigenvalue weighted by Gasteiger charge is 2.45. The van der Waals surface area contributed by atoms with Gasteiger partial charge in [-0.05, 0) is 50.4 Å². The summed E-state index contributed by atoms with van der Waals surface area (Å²) in [6.45, 7) is 7.39. The van der Waals surface area contributed by atoms with E-state index in [-0.39, 0.29) is 11.1 Å². The lowest BCUT2D eigenvalue weighted by Gasteiger charge is -2.48. The molecule has 106 valence electrons. The summed E-state index contributed by atoms with van der Waals surface area (Å²) in [5.41, 5.74) is 5.08. The topological polar surface area (TPSA) is 44.9 Å². The van der Waals surface area contributed by atoms with E-state index in [1.807, 2.05) is 6.07 Å². The first-order valence-corrected chi connectivity index (χ1v) is 7.42. The van der Waals surface area contributed by atoms with Crippen LogP contribution in [0.15, 0.2) is 40.2 Å². The van der Waals surface area contributed by atoms with Gasteiger partial charge in [0.05, 0.1) is 5.54 Å². The van der Waals surface area contributed by atoms with E-state index in [0.717, 1.165) is 25.1 Å². The molecule has 2 atom stereocenters. The second-order valence-corrected chi connectivity index (χ2v) is 5.89. The average molecular weight is 270 g/mol. The normalized spacial score (nSPS) is 30.1. The van der Waals surface area contributed by atoms with E-state index in [9.17, 15) is 4.79 Å². The molecule has 3 nitrogen and oxygen atoms in total. The zero-order chi connectivity index (χ0) is 14.3. The molecular weight excluding hydrogens is 248 g/mol. The highest BCUT2D eigenvalue weighted by Crippen LogP contribution is 2.49. The van der Waals surface area contributed by atoms with Gasteiger partial charge in [0.1, 0.15) is 0 Å². The molecule has 0 spiro atoms. The Kier molecular flexibility index (Phi) is 3.17. The van der Waals surface area contributed by atoms with Crippen molar-refractivity contribution in [2.75, 3.05) is 6.54 Å². The molecule has 2 aliphatic carbocycles. The van der Waals surface area contributed by atoms with Gasteiger partial charge >= 0.3 is 0 Å². The summed E-state index contributed by atoms with van der Waals surface area (Å²) in [5, 5.41) is 3.71. The first kappa shape index (κ1) is 13.4. The molecule has 0 fully saturated rings. The fourth-order valence-electron chi connectivity index (χ4n) is 4.07. The molecule has 0 aromatic carbocycles. The third-order valence-corrected chi connectivity index (χ3v) is 4.60. The van der Waals surface area contributed by atoms with Gasteiger partial charge in [0, 0.05) is 17.7 Å². The molecule has 3 rings (SSSR count). The van der Waals surface area contributed by atoms with Gasteiger partial charge < -0.3 is 10.3 Å². The number of nitrogens with one attached hydrogen (secondary N) is 2. The molecule has 0 amide bonds. The highest BCUT2D eigenvalue weighted by molar-refractivity contribution is 5.49. The van der Waals surface area contributed by atoms with Crippen molar-refractivity contribution in [2.24, 2.45) is 5.92 Å². The Labute approximate surface area is 119 Å². The van der Waals surface area contributed by atoms with Crippen LogP contribution in [0.25, 0.3) is 0 Å². The summed E-state index contributed by atoms with van der Waals surface area (Å²) < 4.78 is 0. The second kappa shape index (κ2) is 4.74. The predicted molar refractivity (Wildman–Crippen MR) is 81.7 cm³/mol. The quantitative estimate of drug-likeness (QED) is 0.812. The maximum Gasteiger partial charge on any atom is 0.248 e. The van der Waals surface area contributed by atoms with Gasteiger partial charge in [-0.15, -0.1) is 0 Å². The SMILES string of the molecule is C/C=C1\[C@H]2C=C(C)C[C@]1(NCC)c1ccc(=O)[nH]c1C2. The van der Waals surface area contributed by atoms with Gasteiger partial charge in [-0.25, -0.2) is 0 Å². The van der Waals surface area contributed by atoms with Crippen molar-refractivity contribution in [3.63, 3.8) is 0 Å². The Hall–Kier alpha value is -1.61. The molecular formula is C17H22N2O. The fourth-order valence-corrected chi connectivity index (χ4v) is 4.07. The molecule has 2 bridgehead atoms. The minimum absolute atomic E-state index is 0.00176. The summed E-state index contributed by atoms with van der Waals surface area (Å²) >= 11 is 0. The summed E-state index contributed by atoms with van der Waals surface area (Å²) in [5.74, 6) is 0.401. The summed E-state index contributed by atoms with van der Waals surface area (Å²) in [6, 6.07) is 3.66. The Morgan fingerprint density at radius 2 is 2.30 bits per heavy atom. The van der Waals surface area contributed by atoms with Crippen LogP contribution in [0.5, 0.6) is 0 Å². The van der Waals surface area contributed by atoms with Gasteiger partial charge in [-0.1, -0.05) is 24.6 Å². The van der Waals surface area contributed by atoms with E-state index < -0.39 is 0 Å². The van der Waals surface area contributed by atoms with Crippen molar-refractivity contribution < 1.29 is 0 Å². The monoisotopic (exact) mass is 270 g/mol. The molecule has 0 aliphatic heterocycles. The minimum atomic E-state index is -0.134. The molecule has 20 heavy (non-hydrogen) atoms. The Morgan fingerprint density at radius 3 is 3.00 bits per heavy atom. The molecule has 3 heteroatoms. The van der Waals surface area contributed by atoms with E-state index in [0.29, 0.717) is 5.92 Å². The zero-order valence-corrected chi connectivity index (χ0v) is 12.4. The van der Waals surface area contributed by atoms with Crippen LogP contribution >= 0.6 is 0 Å². The lowest BCUT2D eigenvalue weighted by molar-refractivity contribution is 0.330. The number of hydrogen-bond acceptors (Lipinski definition) is 2. The molecule has 1 heterocycles. The number of likely N-dealkylation sites (N-methyl/N-ethyl adjacent to an activating group) is 1. The Balaban J connectivity index is 2.28. The van der Waals surface area contributed by atoms with Crippen molar-refractivity contribution in [1.29, 1.82) is 0 Å². The molecule has 1 aromatic rings. The van der Waals surface area contributed by atoms with Gasteiger partial charge in [0.2, 0.25) is 5.56 Å². The summed E-state index contributed by atoms with van der Waals surface area (Å²) in [4.78, 5) is 14.7. The fraction of sp³-hybridized carbons (Fsp3) is 0.471. The van der Waals surface area contributed by atoms with E-state index >= 15 is 0 Å². The second-order valence-electron chi connectivity index (χ2n) is 5.89. The minimum Gasteiger partial charge on any atom is -0.326 e. The van der Waals surface area contributed by atoms with E-state index in [2.05, 4.69) is 43.2 Å². The molecule has 1 aromatic heterocycles. The van der Waals surface area contributed by atoms with E-state index in [1.165, 1.54) is 16.7 Å². The molecule has 2 aliphatic rings. The average Bonchev–Trinajstić information content (AvgIpc) is 2.37. The van der Waals surface area contributed by atoms with Crippen molar-refractivity contribution in [3.8, 4) is 0 Å². The Morgan fingerprint density at radius 1 is 1.50 bits per heavy atom. The smallest absolute Gasteiger partial charge is 0.248 e. The van der Waals surface area contributed by atoms with Gasteiger partial charge in [0.25, 0.3) is 0 Å². The number of pyridine rings is 1. The molecule has 0 saturated heterocycles. The van der Waals surface area contributed by atoms with Gasteiger partial charge in [-0.3, -0.25) is 4.79 Å². The van der Waals surface area contributed by atoms with Crippen molar-refractivity contribution in [2.45, 2.75) is 39.2 Å². The number of hydrogen-bond donors (Lipinski definition) is 2. The molecule has 0 saturated carbocycles. The Bertz CT molecular complexity index is 653. The standard InChI is InChI=1S/C17H22N2O/c1-4-13-12-8-11(3)10-17(13,18-5-2)14-6-7-16(20)19-15(14)9-12/h4,6-8,12,18H,5,9-10H2,1-3H3,(H,19,20)/b13-4+/t12-,17+/m0/s1. The van der Waals surface area contributed by atoms with Crippen molar-refractivity contribution in [1.82, 2.24) is 10.3 Å². The number of fused-ring (bicyclic) bond motifs is 4. The number of allylic oxidation sites excluding steroid dienone is 2. The van der Waals surface area contributed by atoms with Crippen LogP contribution in [0.4, 0.5) is 0 Å². The maximum atomic E-state index is 11.6. The molecule has 0 unspecified atom stereocenters. The summed E-state index contributed by atoms with van der Waals surface area (Å²) in [6.07, 6.45) is 6.50. The molecule has 0 radical (unpaired) electrons. The first-order valence-electron chi connectivity index (χ1n) is 7.42. The van der Waals surface area contributed by atoms with Crippen LogP contribution in [0.3, 0.4) is 0 Å². The lowest BCUT2D eigenvalue weighted by atomic mass is 9.63. The number of H-pyrrole nitrogens is 1.